The smallest absolute Gasteiger partial charge is 0.227 e. The Morgan fingerprint density at radius 3 is 2.77 bits per heavy atom. The number of piperidine rings is 1. The fourth-order valence-corrected chi connectivity index (χ4v) is 4.49. The molecule has 6 heteroatoms. The van der Waals surface area contributed by atoms with Crippen molar-refractivity contribution in [1.29, 1.82) is 0 Å². The van der Waals surface area contributed by atoms with Crippen LogP contribution in [0.4, 0.5) is 0 Å². The Labute approximate surface area is 140 Å². The van der Waals surface area contributed by atoms with Gasteiger partial charge >= 0.3 is 0 Å². The maximum absolute atomic E-state index is 12.4. The number of amides is 1. The van der Waals surface area contributed by atoms with E-state index in [4.69, 9.17) is 22.1 Å². The molecule has 3 heterocycles. The zero-order valence-corrected chi connectivity index (χ0v) is 14.2. The van der Waals surface area contributed by atoms with Crippen molar-refractivity contribution in [1.82, 2.24) is 4.90 Å². The quantitative estimate of drug-likeness (QED) is 0.918. The van der Waals surface area contributed by atoms with Gasteiger partial charge in [0, 0.05) is 30.6 Å². The standard InChI is InChI=1S/C16H23ClN2O2S/c17-15-2-1-13(22-15)10-16(20)19-6-3-11(4-7-19)14-9-12(18)5-8-21-14/h1-2,11-12,14H,3-10,18H2. The van der Waals surface area contributed by atoms with Crippen molar-refractivity contribution in [2.75, 3.05) is 19.7 Å². The van der Waals surface area contributed by atoms with Crippen LogP contribution in [-0.4, -0.2) is 42.6 Å². The summed E-state index contributed by atoms with van der Waals surface area (Å²) in [5, 5.41) is 0. The van der Waals surface area contributed by atoms with E-state index in [-0.39, 0.29) is 18.1 Å². The molecular formula is C16H23ClN2O2S. The lowest BCUT2D eigenvalue weighted by molar-refractivity contribution is -0.133. The Bertz CT molecular complexity index is 514. The summed E-state index contributed by atoms with van der Waals surface area (Å²) in [4.78, 5) is 15.4. The highest BCUT2D eigenvalue weighted by atomic mass is 35.5. The number of halogens is 1. The van der Waals surface area contributed by atoms with Crippen LogP contribution in [0, 0.1) is 5.92 Å². The summed E-state index contributed by atoms with van der Waals surface area (Å²) in [5.41, 5.74) is 6.04. The third-order valence-corrected chi connectivity index (χ3v) is 5.96. The van der Waals surface area contributed by atoms with Crippen molar-refractivity contribution in [3.05, 3.63) is 21.3 Å². The molecule has 0 spiro atoms. The highest BCUT2D eigenvalue weighted by molar-refractivity contribution is 7.16. The van der Waals surface area contributed by atoms with E-state index in [1.165, 1.54) is 11.3 Å². The SMILES string of the molecule is NC1CCOC(C2CCN(C(=O)Cc3ccc(Cl)s3)CC2)C1. The summed E-state index contributed by atoms with van der Waals surface area (Å²) in [6.07, 6.45) is 4.73. The van der Waals surface area contributed by atoms with Gasteiger partial charge in [0.25, 0.3) is 0 Å². The van der Waals surface area contributed by atoms with Crippen molar-refractivity contribution in [2.45, 2.75) is 44.2 Å². The summed E-state index contributed by atoms with van der Waals surface area (Å²) in [6, 6.07) is 4.07. The summed E-state index contributed by atoms with van der Waals surface area (Å²) < 4.78 is 6.63. The van der Waals surface area contributed by atoms with Gasteiger partial charge in [0.15, 0.2) is 0 Å². The Kier molecular flexibility index (Phi) is 5.39. The first kappa shape index (κ1) is 16.2. The number of ether oxygens (including phenoxy) is 1. The molecule has 22 heavy (non-hydrogen) atoms. The molecule has 0 radical (unpaired) electrons. The van der Waals surface area contributed by atoms with Gasteiger partial charge in [0.1, 0.15) is 0 Å². The normalized spacial score (nSPS) is 27.1. The molecule has 2 N–H and O–H groups in total. The average molecular weight is 343 g/mol. The highest BCUT2D eigenvalue weighted by Crippen LogP contribution is 2.29. The number of hydrogen-bond donors (Lipinski definition) is 1. The summed E-state index contributed by atoms with van der Waals surface area (Å²) >= 11 is 7.40. The number of nitrogens with two attached hydrogens (primary N) is 1. The number of carbonyl (C=O) groups is 1. The minimum Gasteiger partial charge on any atom is -0.378 e. The number of thiophene rings is 1. The monoisotopic (exact) mass is 342 g/mol. The second-order valence-corrected chi connectivity index (χ2v) is 8.09. The second kappa shape index (κ2) is 7.30. The van der Waals surface area contributed by atoms with Gasteiger partial charge in [-0.15, -0.1) is 11.3 Å². The lowest BCUT2D eigenvalue weighted by Gasteiger charge is -2.38. The first-order valence-electron chi connectivity index (χ1n) is 8.01. The van der Waals surface area contributed by atoms with Crippen LogP contribution in [0.2, 0.25) is 4.34 Å². The van der Waals surface area contributed by atoms with Crippen LogP contribution in [0.1, 0.15) is 30.6 Å². The van der Waals surface area contributed by atoms with Crippen LogP contribution >= 0.6 is 22.9 Å². The molecule has 2 unspecified atom stereocenters. The molecule has 0 aromatic carbocycles. The van der Waals surface area contributed by atoms with Crippen molar-refractivity contribution >= 4 is 28.8 Å². The van der Waals surface area contributed by atoms with Crippen molar-refractivity contribution in [3.8, 4) is 0 Å². The molecule has 2 aliphatic heterocycles. The predicted octanol–water partition coefficient (Wildman–Crippen LogP) is 2.69. The highest BCUT2D eigenvalue weighted by Gasteiger charge is 2.31. The van der Waals surface area contributed by atoms with Crippen LogP contribution in [0.15, 0.2) is 12.1 Å². The lowest BCUT2D eigenvalue weighted by atomic mass is 9.86. The molecule has 1 aromatic rings. The van der Waals surface area contributed by atoms with Crippen LogP contribution in [0.5, 0.6) is 0 Å². The Balaban J connectivity index is 1.47. The van der Waals surface area contributed by atoms with Crippen LogP contribution in [-0.2, 0) is 16.0 Å². The van der Waals surface area contributed by atoms with Crippen LogP contribution in [0.3, 0.4) is 0 Å². The summed E-state index contributed by atoms with van der Waals surface area (Å²) in [6.45, 7) is 2.44. The fraction of sp³-hybridized carbons (Fsp3) is 0.688. The topological polar surface area (TPSA) is 55.6 Å². The van der Waals surface area contributed by atoms with Gasteiger partial charge in [-0.05, 0) is 43.7 Å². The molecule has 2 aliphatic rings. The summed E-state index contributed by atoms with van der Waals surface area (Å²) in [5.74, 6) is 0.754. The first-order valence-corrected chi connectivity index (χ1v) is 9.20. The third kappa shape index (κ3) is 4.02. The summed E-state index contributed by atoms with van der Waals surface area (Å²) in [7, 11) is 0. The zero-order valence-electron chi connectivity index (χ0n) is 12.7. The van der Waals surface area contributed by atoms with Gasteiger partial charge in [-0.3, -0.25) is 4.79 Å². The molecule has 2 saturated heterocycles. The minimum absolute atomic E-state index is 0.207. The van der Waals surface area contributed by atoms with E-state index >= 15 is 0 Å². The van der Waals surface area contributed by atoms with E-state index in [0.29, 0.717) is 12.3 Å². The Morgan fingerprint density at radius 2 is 2.14 bits per heavy atom. The van der Waals surface area contributed by atoms with E-state index in [9.17, 15) is 4.79 Å². The number of nitrogens with zero attached hydrogens (tertiary/aromatic N) is 1. The van der Waals surface area contributed by atoms with Gasteiger partial charge in [-0.1, -0.05) is 11.6 Å². The largest absolute Gasteiger partial charge is 0.378 e. The number of rotatable bonds is 3. The molecule has 2 fully saturated rings. The van der Waals surface area contributed by atoms with E-state index in [1.54, 1.807) is 0 Å². The molecule has 122 valence electrons. The molecule has 0 bridgehead atoms. The molecule has 4 nitrogen and oxygen atoms in total. The Morgan fingerprint density at radius 1 is 1.36 bits per heavy atom. The Hall–Kier alpha value is -0.620. The number of likely N-dealkylation sites (tertiary alicyclic amines) is 1. The van der Waals surface area contributed by atoms with E-state index in [1.807, 2.05) is 17.0 Å². The minimum atomic E-state index is 0.207. The van der Waals surface area contributed by atoms with Crippen molar-refractivity contribution in [2.24, 2.45) is 11.7 Å². The van der Waals surface area contributed by atoms with E-state index in [0.717, 1.165) is 54.6 Å². The molecule has 3 rings (SSSR count). The third-order valence-electron chi connectivity index (χ3n) is 4.73. The maximum atomic E-state index is 12.4. The average Bonchev–Trinajstić information content (AvgIpc) is 2.92. The molecule has 0 aliphatic carbocycles. The molecular weight excluding hydrogens is 320 g/mol. The maximum Gasteiger partial charge on any atom is 0.227 e. The van der Waals surface area contributed by atoms with Gasteiger partial charge in [-0.25, -0.2) is 0 Å². The van der Waals surface area contributed by atoms with Crippen molar-refractivity contribution < 1.29 is 9.53 Å². The fourth-order valence-electron chi connectivity index (χ4n) is 3.41. The number of carbonyl (C=O) groups excluding carboxylic acids is 1. The first-order chi connectivity index (χ1) is 10.6. The molecule has 2 atom stereocenters. The van der Waals surface area contributed by atoms with Gasteiger partial charge < -0.3 is 15.4 Å². The van der Waals surface area contributed by atoms with Crippen LogP contribution in [0.25, 0.3) is 0 Å². The van der Waals surface area contributed by atoms with Gasteiger partial charge in [0.05, 0.1) is 16.9 Å². The van der Waals surface area contributed by atoms with E-state index < -0.39 is 0 Å². The van der Waals surface area contributed by atoms with Crippen molar-refractivity contribution in [3.63, 3.8) is 0 Å². The van der Waals surface area contributed by atoms with Gasteiger partial charge in [0.2, 0.25) is 5.91 Å². The molecule has 1 amide bonds. The second-order valence-electron chi connectivity index (χ2n) is 6.29. The van der Waals surface area contributed by atoms with E-state index in [2.05, 4.69) is 0 Å². The van der Waals surface area contributed by atoms with Gasteiger partial charge in [-0.2, -0.15) is 0 Å². The predicted molar refractivity (Wildman–Crippen MR) is 89.3 cm³/mol. The van der Waals surface area contributed by atoms with Crippen LogP contribution < -0.4 is 5.73 Å². The molecule has 0 saturated carbocycles. The lowest BCUT2D eigenvalue weighted by Crippen LogP contribution is -2.45. The number of hydrogen-bond acceptors (Lipinski definition) is 4. The molecule has 1 aromatic heterocycles. The zero-order chi connectivity index (χ0) is 15.5.